The molecule has 0 fully saturated rings. The summed E-state index contributed by atoms with van der Waals surface area (Å²) in [4.78, 5) is 0. The molecule has 0 radical (unpaired) electrons. The van der Waals surface area contributed by atoms with E-state index in [1.165, 1.54) is 0 Å². The van der Waals surface area contributed by atoms with E-state index in [9.17, 15) is 0 Å². The maximum Gasteiger partial charge on any atom is 0.0629 e. The van der Waals surface area contributed by atoms with Crippen molar-refractivity contribution >= 4 is 33.4 Å². The fraction of sp³-hybridized carbons (Fsp3) is 0. The number of rotatable bonds is 1. The van der Waals surface area contributed by atoms with Gasteiger partial charge >= 0.3 is 0 Å². The summed E-state index contributed by atoms with van der Waals surface area (Å²) in [6, 6.07) is 10.1. The first-order valence-electron chi connectivity index (χ1n) is 7.67. The normalized spacial score (nSPS) is 14.8. The quantitative estimate of drug-likeness (QED) is 0.542. The first-order valence-corrected chi connectivity index (χ1v) is 6.25. The van der Waals surface area contributed by atoms with Crippen molar-refractivity contribution in [1.82, 2.24) is 0 Å². The molecule has 0 heterocycles. The molecule has 0 N–H and O–H groups in total. The van der Waals surface area contributed by atoms with Crippen LogP contribution in [-0.4, -0.2) is 0 Å². The Hall–Kier alpha value is -1.35. The van der Waals surface area contributed by atoms with E-state index in [2.05, 4.69) is 22.6 Å². The molecule has 82 valence electrons. The van der Waals surface area contributed by atoms with Crippen LogP contribution in [0.5, 0.6) is 0 Å². The van der Waals surface area contributed by atoms with Gasteiger partial charge in [-0.1, -0.05) is 54.5 Å². The molecule has 17 heavy (non-hydrogen) atoms. The molecule has 0 spiro atoms. The van der Waals surface area contributed by atoms with Gasteiger partial charge in [-0.25, -0.2) is 0 Å². The van der Waals surface area contributed by atoms with Gasteiger partial charge in [-0.15, -0.1) is 0 Å². The van der Waals surface area contributed by atoms with E-state index in [1.54, 1.807) is 6.07 Å². The molecule has 0 unspecified atom stereocenters. The Balaban J connectivity index is 2.43. The number of fused-ring (bicyclic) bond motifs is 1. The zero-order valence-corrected chi connectivity index (χ0v) is 11.0. The number of halogens is 1. The predicted octanol–water partition coefficient (Wildman–Crippen LogP) is 5.11. The standard InChI is InChI=1S/C16H11I/c17-14-9-10-16-13(11-14)7-4-8-15(16)12-5-2-1-3-6-12/h1-11H/i1D,2D,3D,5D,6D. The summed E-state index contributed by atoms with van der Waals surface area (Å²) in [5.41, 5.74) is 0.906. The van der Waals surface area contributed by atoms with Crippen LogP contribution < -0.4 is 0 Å². The van der Waals surface area contributed by atoms with Crippen LogP contribution in [0.2, 0.25) is 0 Å². The van der Waals surface area contributed by atoms with Crippen molar-refractivity contribution in [3.05, 3.63) is 70.2 Å². The van der Waals surface area contributed by atoms with Gasteiger partial charge in [-0.05, 0) is 56.6 Å². The number of hydrogen-bond acceptors (Lipinski definition) is 0. The van der Waals surface area contributed by atoms with Crippen LogP contribution in [0.1, 0.15) is 6.85 Å². The Bertz CT molecular complexity index is 876. The van der Waals surface area contributed by atoms with Crippen LogP contribution in [0.15, 0.2) is 66.6 Å². The van der Waals surface area contributed by atoms with E-state index in [1.807, 2.05) is 30.3 Å². The Morgan fingerprint density at radius 3 is 2.59 bits per heavy atom. The smallest absolute Gasteiger partial charge is 0.0622 e. The third-order valence-electron chi connectivity index (χ3n) is 2.61. The van der Waals surface area contributed by atoms with Crippen LogP contribution in [0.25, 0.3) is 21.9 Å². The lowest BCUT2D eigenvalue weighted by Crippen LogP contribution is -1.81. The highest BCUT2D eigenvalue weighted by atomic mass is 127. The average molecular weight is 335 g/mol. The van der Waals surface area contributed by atoms with Crippen molar-refractivity contribution in [2.45, 2.75) is 0 Å². The molecule has 0 aliphatic heterocycles. The Kier molecular flexibility index (Phi) is 1.73. The second-order valence-electron chi connectivity index (χ2n) is 3.67. The molecule has 3 rings (SSSR count). The Labute approximate surface area is 121 Å². The number of benzene rings is 3. The molecule has 0 saturated carbocycles. The average Bonchev–Trinajstić information content (AvgIpc) is 2.51. The van der Waals surface area contributed by atoms with Gasteiger partial charge in [0.15, 0.2) is 0 Å². The van der Waals surface area contributed by atoms with Crippen LogP contribution in [0.4, 0.5) is 0 Å². The third kappa shape index (κ3) is 2.07. The van der Waals surface area contributed by atoms with E-state index in [4.69, 9.17) is 6.85 Å². The SMILES string of the molecule is [2H]c1c([2H])c([2H])c(-c2cccc3cc(I)ccc23)c([2H])c1[2H]. The zero-order chi connectivity index (χ0) is 16.0. The van der Waals surface area contributed by atoms with Crippen molar-refractivity contribution in [2.24, 2.45) is 0 Å². The highest BCUT2D eigenvalue weighted by molar-refractivity contribution is 14.1. The summed E-state index contributed by atoms with van der Waals surface area (Å²) in [5.74, 6) is 0. The zero-order valence-electron chi connectivity index (χ0n) is 13.8. The van der Waals surface area contributed by atoms with Gasteiger partial charge < -0.3 is 0 Å². The van der Waals surface area contributed by atoms with Crippen molar-refractivity contribution < 1.29 is 6.85 Å². The van der Waals surface area contributed by atoms with Crippen molar-refractivity contribution in [3.63, 3.8) is 0 Å². The van der Waals surface area contributed by atoms with Gasteiger partial charge in [0.2, 0.25) is 0 Å². The molecule has 0 aromatic heterocycles. The second kappa shape index (κ2) is 4.49. The van der Waals surface area contributed by atoms with E-state index in [-0.39, 0.29) is 35.8 Å². The number of hydrogen-bond donors (Lipinski definition) is 0. The molecular weight excluding hydrogens is 319 g/mol. The van der Waals surface area contributed by atoms with Crippen molar-refractivity contribution in [2.75, 3.05) is 0 Å². The molecule has 0 aliphatic rings. The minimum Gasteiger partial charge on any atom is -0.0622 e. The Morgan fingerprint density at radius 1 is 0.941 bits per heavy atom. The van der Waals surface area contributed by atoms with Crippen LogP contribution >= 0.6 is 22.6 Å². The van der Waals surface area contributed by atoms with Crippen LogP contribution in [0, 0.1) is 3.57 Å². The summed E-state index contributed by atoms with van der Waals surface area (Å²) < 4.78 is 40.6. The van der Waals surface area contributed by atoms with Gasteiger partial charge in [-0.2, -0.15) is 0 Å². The minimum absolute atomic E-state index is 0.169. The van der Waals surface area contributed by atoms with Crippen molar-refractivity contribution in [1.29, 1.82) is 0 Å². The van der Waals surface area contributed by atoms with E-state index in [0.717, 1.165) is 14.3 Å². The van der Waals surface area contributed by atoms with Gasteiger partial charge in [0.05, 0.1) is 6.85 Å². The molecule has 3 aromatic carbocycles. The summed E-state index contributed by atoms with van der Waals surface area (Å²) in [6.45, 7) is 0. The molecule has 0 bridgehead atoms. The van der Waals surface area contributed by atoms with E-state index >= 15 is 0 Å². The second-order valence-corrected chi connectivity index (χ2v) is 4.92. The Morgan fingerprint density at radius 2 is 1.76 bits per heavy atom. The van der Waals surface area contributed by atoms with Gasteiger partial charge in [0, 0.05) is 3.57 Å². The van der Waals surface area contributed by atoms with Crippen molar-refractivity contribution in [3.8, 4) is 11.1 Å². The maximum absolute atomic E-state index is 8.12. The summed E-state index contributed by atoms with van der Waals surface area (Å²) in [7, 11) is 0. The fourth-order valence-electron chi connectivity index (χ4n) is 1.86. The molecule has 0 aliphatic carbocycles. The highest BCUT2D eigenvalue weighted by Gasteiger charge is 2.02. The first-order chi connectivity index (χ1) is 10.4. The summed E-state index contributed by atoms with van der Waals surface area (Å²) in [6.07, 6.45) is 0. The predicted molar refractivity (Wildman–Crippen MR) is 82.1 cm³/mol. The molecule has 0 saturated heterocycles. The molecule has 0 amide bonds. The molecule has 1 heteroatoms. The molecule has 3 aromatic rings. The van der Waals surface area contributed by atoms with Crippen LogP contribution in [-0.2, 0) is 0 Å². The molecule has 0 atom stereocenters. The van der Waals surface area contributed by atoms with E-state index < -0.39 is 0 Å². The summed E-state index contributed by atoms with van der Waals surface area (Å²) >= 11 is 2.22. The highest BCUT2D eigenvalue weighted by Crippen LogP contribution is 2.29. The maximum atomic E-state index is 8.12. The monoisotopic (exact) mass is 335 g/mol. The molecule has 0 nitrogen and oxygen atoms in total. The van der Waals surface area contributed by atoms with Gasteiger partial charge in [-0.3, -0.25) is 0 Å². The lowest BCUT2D eigenvalue weighted by molar-refractivity contribution is 1.64. The fourth-order valence-corrected chi connectivity index (χ4v) is 2.37. The largest absolute Gasteiger partial charge is 0.0629 e. The first kappa shape index (κ1) is 6.55. The summed E-state index contributed by atoms with van der Waals surface area (Å²) in [5, 5.41) is 1.86. The van der Waals surface area contributed by atoms with E-state index in [0.29, 0.717) is 5.56 Å². The molecular formula is C16H11I. The van der Waals surface area contributed by atoms with Gasteiger partial charge in [0.1, 0.15) is 0 Å². The van der Waals surface area contributed by atoms with Gasteiger partial charge in [0.25, 0.3) is 0 Å². The third-order valence-corrected chi connectivity index (χ3v) is 3.28. The minimum atomic E-state index is -0.367. The van der Waals surface area contributed by atoms with Crippen LogP contribution in [0.3, 0.4) is 0 Å². The lowest BCUT2D eigenvalue weighted by Gasteiger charge is -2.07. The lowest BCUT2D eigenvalue weighted by atomic mass is 9.98. The topological polar surface area (TPSA) is 0 Å².